The SMILES string of the molecule is CCCc1nc2ccc(N)cc2c(=O)n1Cc1ccc(-c2cccc(Cl)c2)cc1. The number of rotatable bonds is 5. The molecular formula is C24H22ClN3O. The molecule has 0 spiro atoms. The van der Waals surface area contributed by atoms with Crippen LogP contribution in [0.4, 0.5) is 5.69 Å². The molecule has 0 bridgehead atoms. The Morgan fingerprint density at radius 3 is 2.52 bits per heavy atom. The van der Waals surface area contributed by atoms with E-state index >= 15 is 0 Å². The van der Waals surface area contributed by atoms with Crippen LogP contribution in [0.25, 0.3) is 22.0 Å². The molecule has 0 saturated heterocycles. The van der Waals surface area contributed by atoms with Crippen LogP contribution in [0.15, 0.2) is 71.5 Å². The molecule has 0 radical (unpaired) electrons. The molecule has 3 aromatic carbocycles. The molecule has 1 heterocycles. The minimum atomic E-state index is -0.0512. The molecule has 0 fully saturated rings. The van der Waals surface area contributed by atoms with Gasteiger partial charge in [0.1, 0.15) is 5.82 Å². The van der Waals surface area contributed by atoms with E-state index in [4.69, 9.17) is 22.3 Å². The topological polar surface area (TPSA) is 60.9 Å². The third-order valence-electron chi connectivity index (χ3n) is 4.98. The molecule has 0 amide bonds. The predicted octanol–water partition coefficient (Wildman–Crippen LogP) is 5.30. The van der Waals surface area contributed by atoms with Crippen LogP contribution in [-0.2, 0) is 13.0 Å². The van der Waals surface area contributed by atoms with Crippen molar-refractivity contribution >= 4 is 28.2 Å². The second-order valence-electron chi connectivity index (χ2n) is 7.15. The van der Waals surface area contributed by atoms with Gasteiger partial charge >= 0.3 is 0 Å². The van der Waals surface area contributed by atoms with Crippen LogP contribution in [0.5, 0.6) is 0 Å². The van der Waals surface area contributed by atoms with Crippen LogP contribution in [-0.4, -0.2) is 9.55 Å². The smallest absolute Gasteiger partial charge is 0.261 e. The van der Waals surface area contributed by atoms with Crippen LogP contribution in [0.1, 0.15) is 24.7 Å². The lowest BCUT2D eigenvalue weighted by atomic mass is 10.0. The summed E-state index contributed by atoms with van der Waals surface area (Å²) < 4.78 is 1.76. The minimum absolute atomic E-state index is 0.0512. The van der Waals surface area contributed by atoms with Crippen molar-refractivity contribution in [3.8, 4) is 11.1 Å². The largest absolute Gasteiger partial charge is 0.399 e. The zero-order chi connectivity index (χ0) is 20.4. The van der Waals surface area contributed by atoms with Crippen LogP contribution in [0.2, 0.25) is 5.02 Å². The van der Waals surface area contributed by atoms with Gasteiger partial charge in [-0.3, -0.25) is 9.36 Å². The van der Waals surface area contributed by atoms with E-state index in [1.807, 2.05) is 42.5 Å². The van der Waals surface area contributed by atoms with Gasteiger partial charge in [0.25, 0.3) is 5.56 Å². The number of nitrogens with zero attached hydrogens (tertiary/aromatic N) is 2. The number of halogens is 1. The Labute approximate surface area is 174 Å². The van der Waals surface area contributed by atoms with Crippen molar-refractivity contribution < 1.29 is 0 Å². The molecule has 5 heteroatoms. The number of aromatic nitrogens is 2. The number of hydrogen-bond acceptors (Lipinski definition) is 3. The predicted molar refractivity (Wildman–Crippen MR) is 120 cm³/mol. The highest BCUT2D eigenvalue weighted by Gasteiger charge is 2.12. The summed E-state index contributed by atoms with van der Waals surface area (Å²) in [4.78, 5) is 17.9. The summed E-state index contributed by atoms with van der Waals surface area (Å²) in [6.45, 7) is 2.56. The van der Waals surface area contributed by atoms with Gasteiger partial charge in [0, 0.05) is 17.1 Å². The Bertz CT molecular complexity index is 1230. The van der Waals surface area contributed by atoms with Crippen molar-refractivity contribution in [1.29, 1.82) is 0 Å². The van der Waals surface area contributed by atoms with Gasteiger partial charge in [-0.15, -0.1) is 0 Å². The lowest BCUT2D eigenvalue weighted by Gasteiger charge is -2.14. The van der Waals surface area contributed by atoms with Crippen LogP contribution < -0.4 is 11.3 Å². The maximum atomic E-state index is 13.2. The summed E-state index contributed by atoms with van der Waals surface area (Å²) in [6, 6.07) is 21.3. The first kappa shape index (κ1) is 19.2. The Morgan fingerprint density at radius 1 is 1.00 bits per heavy atom. The molecule has 2 N–H and O–H groups in total. The van der Waals surface area contributed by atoms with Crippen molar-refractivity contribution in [2.45, 2.75) is 26.3 Å². The highest BCUT2D eigenvalue weighted by Crippen LogP contribution is 2.23. The normalized spacial score (nSPS) is 11.1. The average molecular weight is 404 g/mol. The maximum absolute atomic E-state index is 13.2. The van der Waals surface area contributed by atoms with E-state index in [0.29, 0.717) is 28.2 Å². The van der Waals surface area contributed by atoms with Gasteiger partial charge in [-0.05, 0) is 53.4 Å². The quantitative estimate of drug-likeness (QED) is 0.460. The molecule has 146 valence electrons. The maximum Gasteiger partial charge on any atom is 0.261 e. The number of nitrogen functional groups attached to an aromatic ring is 1. The molecule has 0 atom stereocenters. The van der Waals surface area contributed by atoms with Gasteiger partial charge in [-0.2, -0.15) is 0 Å². The fraction of sp³-hybridized carbons (Fsp3) is 0.167. The van der Waals surface area contributed by atoms with Crippen LogP contribution in [0, 0.1) is 0 Å². The van der Waals surface area contributed by atoms with E-state index in [-0.39, 0.29) is 5.56 Å². The summed E-state index contributed by atoms with van der Waals surface area (Å²) in [7, 11) is 0. The fourth-order valence-corrected chi connectivity index (χ4v) is 3.71. The molecule has 0 aliphatic heterocycles. The molecule has 0 saturated carbocycles. The van der Waals surface area contributed by atoms with E-state index in [9.17, 15) is 4.79 Å². The van der Waals surface area contributed by atoms with E-state index in [2.05, 4.69) is 19.1 Å². The number of fused-ring (bicyclic) bond motifs is 1. The summed E-state index contributed by atoms with van der Waals surface area (Å²) in [5.41, 5.74) is 10.3. The molecule has 0 unspecified atom stereocenters. The summed E-state index contributed by atoms with van der Waals surface area (Å²) in [6.07, 6.45) is 1.66. The number of aryl methyl sites for hydroxylation is 1. The molecule has 0 aliphatic carbocycles. The summed E-state index contributed by atoms with van der Waals surface area (Å²) in [5.74, 6) is 0.800. The molecule has 4 nitrogen and oxygen atoms in total. The van der Waals surface area contributed by atoms with Gasteiger partial charge in [-0.25, -0.2) is 4.98 Å². The first-order valence-corrected chi connectivity index (χ1v) is 10.1. The third-order valence-corrected chi connectivity index (χ3v) is 5.22. The first-order chi connectivity index (χ1) is 14.0. The minimum Gasteiger partial charge on any atom is -0.399 e. The lowest BCUT2D eigenvalue weighted by molar-refractivity contribution is 0.665. The molecule has 4 rings (SSSR count). The second-order valence-corrected chi connectivity index (χ2v) is 7.59. The zero-order valence-corrected chi connectivity index (χ0v) is 17.0. The summed E-state index contributed by atoms with van der Waals surface area (Å²) in [5, 5.41) is 1.27. The van der Waals surface area contributed by atoms with Crippen molar-refractivity contribution in [2.75, 3.05) is 5.73 Å². The molecule has 0 aliphatic rings. The van der Waals surface area contributed by atoms with Gasteiger partial charge < -0.3 is 5.73 Å². The van der Waals surface area contributed by atoms with Crippen molar-refractivity contribution in [1.82, 2.24) is 9.55 Å². The second kappa shape index (κ2) is 8.10. The standard InChI is InChI=1S/C24H22ClN3O/c1-2-4-23-27-22-12-11-20(26)14-21(22)24(29)28(23)15-16-7-9-17(10-8-16)18-5-3-6-19(25)13-18/h3,5-14H,2,4,15,26H2,1H3. The number of hydrogen-bond donors (Lipinski definition) is 1. The van der Waals surface area contributed by atoms with E-state index in [0.717, 1.165) is 35.4 Å². The Hall–Kier alpha value is -3.11. The number of anilines is 1. The van der Waals surface area contributed by atoms with E-state index < -0.39 is 0 Å². The number of benzene rings is 3. The fourth-order valence-electron chi connectivity index (χ4n) is 3.52. The number of nitrogens with two attached hydrogens (primary N) is 1. The molecule has 29 heavy (non-hydrogen) atoms. The van der Waals surface area contributed by atoms with Crippen LogP contribution in [0.3, 0.4) is 0 Å². The highest BCUT2D eigenvalue weighted by atomic mass is 35.5. The average Bonchev–Trinajstić information content (AvgIpc) is 2.72. The first-order valence-electron chi connectivity index (χ1n) is 9.69. The highest BCUT2D eigenvalue weighted by molar-refractivity contribution is 6.30. The van der Waals surface area contributed by atoms with Gasteiger partial charge in [0.15, 0.2) is 0 Å². The molecule has 4 aromatic rings. The summed E-state index contributed by atoms with van der Waals surface area (Å²) >= 11 is 6.10. The molecular weight excluding hydrogens is 382 g/mol. The van der Waals surface area contributed by atoms with Gasteiger partial charge in [0.05, 0.1) is 17.4 Å². The van der Waals surface area contributed by atoms with Crippen molar-refractivity contribution in [3.05, 3.63) is 93.5 Å². The Kier molecular flexibility index (Phi) is 5.36. The lowest BCUT2D eigenvalue weighted by Crippen LogP contribution is -2.26. The van der Waals surface area contributed by atoms with Crippen LogP contribution >= 0.6 is 11.6 Å². The van der Waals surface area contributed by atoms with Gasteiger partial charge in [-0.1, -0.05) is 54.9 Å². The van der Waals surface area contributed by atoms with Gasteiger partial charge in [0.2, 0.25) is 0 Å². The Balaban J connectivity index is 1.72. The third kappa shape index (κ3) is 4.03. The zero-order valence-electron chi connectivity index (χ0n) is 16.2. The van der Waals surface area contributed by atoms with E-state index in [1.165, 1.54) is 0 Å². The Morgan fingerprint density at radius 2 is 1.79 bits per heavy atom. The molecule has 1 aromatic heterocycles. The van der Waals surface area contributed by atoms with Crippen molar-refractivity contribution in [2.24, 2.45) is 0 Å². The monoisotopic (exact) mass is 403 g/mol. The van der Waals surface area contributed by atoms with E-state index in [1.54, 1.807) is 16.7 Å². The van der Waals surface area contributed by atoms with Crippen molar-refractivity contribution in [3.63, 3.8) is 0 Å².